The molecule has 0 bridgehead atoms. The number of para-hydroxylation sites is 1. The highest BCUT2D eigenvalue weighted by atomic mass is 15.5. The van der Waals surface area contributed by atoms with Crippen molar-refractivity contribution < 1.29 is 0 Å². The highest BCUT2D eigenvalue weighted by molar-refractivity contribution is 6.03. The van der Waals surface area contributed by atoms with Crippen LogP contribution in [0.2, 0.25) is 0 Å². The molecule has 25 heavy (non-hydrogen) atoms. The van der Waals surface area contributed by atoms with Crippen molar-refractivity contribution in [3.8, 4) is 6.07 Å². The van der Waals surface area contributed by atoms with E-state index in [-0.39, 0.29) is 6.04 Å². The van der Waals surface area contributed by atoms with Gasteiger partial charge in [0.15, 0.2) is 0 Å². The lowest BCUT2D eigenvalue weighted by molar-refractivity contribution is 0.705. The average molecular weight is 324 g/mol. The molecule has 0 saturated heterocycles. The summed E-state index contributed by atoms with van der Waals surface area (Å²) in [6.07, 6.45) is 4.48. The molecule has 4 heteroatoms. The van der Waals surface area contributed by atoms with Crippen LogP contribution in [0.1, 0.15) is 29.2 Å². The molecular formula is C21H16N4. The smallest absolute Gasteiger partial charge is 0.0991 e. The minimum Gasteiger partial charge on any atom is -0.264 e. The third-order valence-corrected chi connectivity index (χ3v) is 4.35. The molecule has 1 aliphatic heterocycles. The van der Waals surface area contributed by atoms with Crippen LogP contribution >= 0.6 is 0 Å². The lowest BCUT2D eigenvalue weighted by Gasteiger charge is -2.23. The highest BCUT2D eigenvalue weighted by Crippen LogP contribution is 2.36. The molecule has 0 radical (unpaired) electrons. The molecule has 120 valence electrons. The normalized spacial score (nSPS) is 16.4. The zero-order valence-corrected chi connectivity index (χ0v) is 13.6. The fourth-order valence-corrected chi connectivity index (χ4v) is 3.07. The second-order valence-corrected chi connectivity index (χ2v) is 5.92. The topological polar surface area (TPSA) is 52.3 Å². The van der Waals surface area contributed by atoms with Gasteiger partial charge in [-0.3, -0.25) is 9.99 Å². The summed E-state index contributed by atoms with van der Waals surface area (Å²) >= 11 is 0. The summed E-state index contributed by atoms with van der Waals surface area (Å²) in [5.41, 5.74) is 4.92. The Kier molecular flexibility index (Phi) is 3.97. The van der Waals surface area contributed by atoms with Gasteiger partial charge in [0.2, 0.25) is 0 Å². The number of nitriles is 1. The van der Waals surface area contributed by atoms with E-state index in [1.807, 2.05) is 54.7 Å². The Labute approximate surface area is 146 Å². The van der Waals surface area contributed by atoms with Crippen molar-refractivity contribution in [1.29, 1.82) is 5.26 Å². The Bertz CT molecular complexity index is 925. The number of aromatic nitrogens is 1. The first-order valence-electron chi connectivity index (χ1n) is 8.17. The average Bonchev–Trinajstić information content (AvgIpc) is 3.15. The number of pyridine rings is 1. The fourth-order valence-electron chi connectivity index (χ4n) is 3.07. The molecule has 2 heterocycles. The molecule has 1 aliphatic rings. The maximum absolute atomic E-state index is 8.98. The van der Waals surface area contributed by atoms with Crippen LogP contribution in [-0.4, -0.2) is 10.7 Å². The van der Waals surface area contributed by atoms with Crippen LogP contribution in [0.4, 0.5) is 5.69 Å². The van der Waals surface area contributed by atoms with E-state index in [0.717, 1.165) is 28.9 Å². The Morgan fingerprint density at radius 2 is 1.76 bits per heavy atom. The van der Waals surface area contributed by atoms with Gasteiger partial charge >= 0.3 is 0 Å². The number of benzene rings is 2. The van der Waals surface area contributed by atoms with E-state index in [0.29, 0.717) is 5.56 Å². The fraction of sp³-hybridized carbons (Fsp3) is 0.0952. The van der Waals surface area contributed by atoms with Crippen molar-refractivity contribution >= 4 is 11.4 Å². The maximum atomic E-state index is 8.98. The Balaban J connectivity index is 1.73. The summed E-state index contributed by atoms with van der Waals surface area (Å²) in [6.45, 7) is 0. The third kappa shape index (κ3) is 3.00. The number of hydrogen-bond acceptors (Lipinski definition) is 4. The van der Waals surface area contributed by atoms with Crippen LogP contribution in [0.15, 0.2) is 84.2 Å². The van der Waals surface area contributed by atoms with E-state index in [9.17, 15) is 0 Å². The van der Waals surface area contributed by atoms with Gasteiger partial charge in [-0.05, 0) is 41.5 Å². The highest BCUT2D eigenvalue weighted by Gasteiger charge is 2.29. The van der Waals surface area contributed by atoms with E-state index in [1.54, 1.807) is 6.20 Å². The molecule has 0 N–H and O–H groups in total. The van der Waals surface area contributed by atoms with E-state index in [4.69, 9.17) is 10.4 Å². The summed E-state index contributed by atoms with van der Waals surface area (Å²) < 4.78 is 0. The van der Waals surface area contributed by atoms with Crippen LogP contribution in [0.25, 0.3) is 0 Å². The van der Waals surface area contributed by atoms with Gasteiger partial charge in [0, 0.05) is 18.8 Å². The summed E-state index contributed by atoms with van der Waals surface area (Å²) in [5, 5.41) is 15.9. The quantitative estimate of drug-likeness (QED) is 0.721. The Morgan fingerprint density at radius 1 is 0.960 bits per heavy atom. The third-order valence-electron chi connectivity index (χ3n) is 4.35. The standard InChI is InChI=1S/C21H16N4/c22-14-16-8-10-17(11-9-16)20-13-21(18-5-4-12-23-15-18)25(24-20)19-6-2-1-3-7-19/h1-12,15,21H,13H2. The van der Waals surface area contributed by atoms with Gasteiger partial charge in [-0.1, -0.05) is 36.4 Å². The molecule has 0 aliphatic carbocycles. The second-order valence-electron chi connectivity index (χ2n) is 5.92. The van der Waals surface area contributed by atoms with Crippen LogP contribution in [-0.2, 0) is 0 Å². The van der Waals surface area contributed by atoms with E-state index >= 15 is 0 Å². The minimum atomic E-state index is 0.113. The van der Waals surface area contributed by atoms with Crippen LogP contribution in [0.5, 0.6) is 0 Å². The molecule has 4 nitrogen and oxygen atoms in total. The van der Waals surface area contributed by atoms with Gasteiger partial charge in [0.25, 0.3) is 0 Å². The summed E-state index contributed by atoms with van der Waals surface area (Å²) in [4.78, 5) is 4.26. The molecule has 3 aromatic rings. The summed E-state index contributed by atoms with van der Waals surface area (Å²) in [7, 11) is 0. The molecule has 0 spiro atoms. The lowest BCUT2D eigenvalue weighted by atomic mass is 9.99. The van der Waals surface area contributed by atoms with Crippen molar-refractivity contribution in [2.45, 2.75) is 12.5 Å². The second kappa shape index (κ2) is 6.58. The number of hydrazone groups is 1. The number of anilines is 1. The van der Waals surface area contributed by atoms with Crippen molar-refractivity contribution in [1.82, 2.24) is 4.98 Å². The molecule has 0 fully saturated rings. The Morgan fingerprint density at radius 3 is 2.44 bits per heavy atom. The molecule has 2 aromatic carbocycles. The maximum Gasteiger partial charge on any atom is 0.0991 e. The predicted molar refractivity (Wildman–Crippen MR) is 98.2 cm³/mol. The van der Waals surface area contributed by atoms with Crippen molar-refractivity contribution in [2.75, 3.05) is 5.01 Å². The first-order valence-corrected chi connectivity index (χ1v) is 8.17. The minimum absolute atomic E-state index is 0.113. The van der Waals surface area contributed by atoms with E-state index in [2.05, 4.69) is 34.3 Å². The summed E-state index contributed by atoms with van der Waals surface area (Å²) in [5.74, 6) is 0. The Hall–Kier alpha value is -3.45. The van der Waals surface area contributed by atoms with E-state index in [1.165, 1.54) is 0 Å². The molecule has 1 atom stereocenters. The molecular weight excluding hydrogens is 308 g/mol. The number of rotatable bonds is 3. The summed E-state index contributed by atoms with van der Waals surface area (Å²) in [6, 6.07) is 24.1. The monoisotopic (exact) mass is 324 g/mol. The van der Waals surface area contributed by atoms with Gasteiger partial charge in [-0.15, -0.1) is 0 Å². The van der Waals surface area contributed by atoms with Gasteiger partial charge in [0.05, 0.1) is 29.1 Å². The van der Waals surface area contributed by atoms with Crippen LogP contribution in [0, 0.1) is 11.3 Å². The number of hydrogen-bond donors (Lipinski definition) is 0. The van der Waals surface area contributed by atoms with Crippen molar-refractivity contribution in [3.63, 3.8) is 0 Å². The first-order chi connectivity index (χ1) is 12.3. The van der Waals surface area contributed by atoms with E-state index < -0.39 is 0 Å². The lowest BCUT2D eigenvalue weighted by Crippen LogP contribution is -2.18. The van der Waals surface area contributed by atoms with Gasteiger partial charge in [-0.2, -0.15) is 10.4 Å². The first kappa shape index (κ1) is 15.1. The molecule has 4 rings (SSSR count). The zero-order chi connectivity index (χ0) is 17.1. The van der Waals surface area contributed by atoms with Gasteiger partial charge in [0.1, 0.15) is 0 Å². The molecule has 0 saturated carbocycles. The molecule has 1 aromatic heterocycles. The zero-order valence-electron chi connectivity index (χ0n) is 13.6. The molecule has 1 unspecified atom stereocenters. The van der Waals surface area contributed by atoms with Crippen molar-refractivity contribution in [2.24, 2.45) is 5.10 Å². The molecule has 0 amide bonds. The van der Waals surface area contributed by atoms with Crippen LogP contribution < -0.4 is 5.01 Å². The predicted octanol–water partition coefficient (Wildman–Crippen LogP) is 4.31. The van der Waals surface area contributed by atoms with Crippen LogP contribution in [0.3, 0.4) is 0 Å². The largest absolute Gasteiger partial charge is 0.264 e. The van der Waals surface area contributed by atoms with Gasteiger partial charge in [-0.25, -0.2) is 0 Å². The van der Waals surface area contributed by atoms with Gasteiger partial charge < -0.3 is 0 Å². The SMILES string of the molecule is N#Cc1ccc(C2=NN(c3ccccc3)C(c3cccnc3)C2)cc1. The van der Waals surface area contributed by atoms with Crippen molar-refractivity contribution in [3.05, 3.63) is 95.8 Å². The number of nitrogens with zero attached hydrogens (tertiary/aromatic N) is 4.